The van der Waals surface area contributed by atoms with Crippen LogP contribution < -0.4 is 0 Å². The zero-order valence-corrected chi connectivity index (χ0v) is 12.5. The summed E-state index contributed by atoms with van der Waals surface area (Å²) >= 11 is 3.43. The third-order valence-electron chi connectivity index (χ3n) is 2.78. The molecule has 0 amide bonds. The van der Waals surface area contributed by atoms with Crippen LogP contribution in [0.25, 0.3) is 11.1 Å². The van der Waals surface area contributed by atoms with Crippen molar-refractivity contribution in [1.82, 2.24) is 0 Å². The summed E-state index contributed by atoms with van der Waals surface area (Å²) in [6.45, 7) is 2.03. The first-order chi connectivity index (χ1) is 8.38. The third kappa shape index (κ3) is 2.82. The second kappa shape index (κ2) is 4.86. The minimum absolute atomic E-state index is 0.348. The van der Waals surface area contributed by atoms with Gasteiger partial charge in [-0.15, -0.1) is 0 Å². The maximum atomic E-state index is 11.4. The fourth-order valence-electron chi connectivity index (χ4n) is 1.83. The fraction of sp³-hybridized carbons (Fsp3) is 0.143. The Balaban J connectivity index is 2.47. The monoisotopic (exact) mass is 324 g/mol. The fourth-order valence-corrected chi connectivity index (χ4v) is 2.94. The van der Waals surface area contributed by atoms with Crippen LogP contribution >= 0.6 is 15.9 Å². The SMILES string of the molecule is Cc1cc(Br)ccc1-c1ccc(S(C)(=O)=O)cc1. The molecule has 0 aliphatic heterocycles. The Labute approximate surface area is 116 Å². The minimum Gasteiger partial charge on any atom is -0.224 e. The molecule has 0 bridgehead atoms. The van der Waals surface area contributed by atoms with Crippen LogP contribution in [0.5, 0.6) is 0 Å². The second-order valence-electron chi connectivity index (χ2n) is 4.26. The summed E-state index contributed by atoms with van der Waals surface area (Å²) in [6.07, 6.45) is 1.22. The second-order valence-corrected chi connectivity index (χ2v) is 7.19. The molecule has 4 heteroatoms. The van der Waals surface area contributed by atoms with Crippen molar-refractivity contribution in [3.63, 3.8) is 0 Å². The molecule has 94 valence electrons. The predicted molar refractivity (Wildman–Crippen MR) is 77.4 cm³/mol. The highest BCUT2D eigenvalue weighted by Crippen LogP contribution is 2.27. The van der Waals surface area contributed by atoms with Gasteiger partial charge in [0.05, 0.1) is 4.90 Å². The molecule has 0 saturated heterocycles. The number of benzene rings is 2. The van der Waals surface area contributed by atoms with Crippen LogP contribution in [0.1, 0.15) is 5.56 Å². The predicted octanol–water partition coefficient (Wildman–Crippen LogP) is 3.83. The van der Waals surface area contributed by atoms with E-state index in [-0.39, 0.29) is 0 Å². The van der Waals surface area contributed by atoms with Crippen LogP contribution in [0.2, 0.25) is 0 Å². The molecule has 0 unspecified atom stereocenters. The molecular formula is C14H13BrO2S. The first-order valence-corrected chi connectivity index (χ1v) is 8.13. The summed E-state index contributed by atoms with van der Waals surface area (Å²) in [6, 6.07) is 13.0. The normalized spacial score (nSPS) is 11.5. The lowest BCUT2D eigenvalue weighted by molar-refractivity contribution is 0.602. The average Bonchev–Trinajstić information content (AvgIpc) is 2.28. The highest BCUT2D eigenvalue weighted by atomic mass is 79.9. The molecule has 0 spiro atoms. The van der Waals surface area contributed by atoms with E-state index in [0.29, 0.717) is 4.90 Å². The van der Waals surface area contributed by atoms with E-state index in [4.69, 9.17) is 0 Å². The van der Waals surface area contributed by atoms with Crippen LogP contribution in [0, 0.1) is 6.92 Å². The Morgan fingerprint density at radius 2 is 1.61 bits per heavy atom. The summed E-state index contributed by atoms with van der Waals surface area (Å²) in [5, 5.41) is 0. The first kappa shape index (κ1) is 13.3. The van der Waals surface area contributed by atoms with Crippen LogP contribution in [0.15, 0.2) is 51.8 Å². The van der Waals surface area contributed by atoms with Crippen LogP contribution in [-0.2, 0) is 9.84 Å². The minimum atomic E-state index is -3.13. The third-order valence-corrected chi connectivity index (χ3v) is 4.40. The van der Waals surface area contributed by atoms with Crippen molar-refractivity contribution in [2.24, 2.45) is 0 Å². The molecule has 2 rings (SSSR count). The number of hydrogen-bond acceptors (Lipinski definition) is 2. The van der Waals surface area contributed by atoms with Gasteiger partial charge in [-0.1, -0.05) is 34.1 Å². The van der Waals surface area contributed by atoms with Crippen molar-refractivity contribution in [2.75, 3.05) is 6.26 Å². The molecule has 0 heterocycles. The summed E-state index contributed by atoms with van der Waals surface area (Å²) in [5.41, 5.74) is 3.28. The molecule has 0 aliphatic rings. The Morgan fingerprint density at radius 3 is 2.11 bits per heavy atom. The molecule has 0 atom stereocenters. The molecule has 0 saturated carbocycles. The Hall–Kier alpha value is -1.13. The summed E-state index contributed by atoms with van der Waals surface area (Å²) < 4.78 is 23.8. The summed E-state index contributed by atoms with van der Waals surface area (Å²) in [5.74, 6) is 0. The van der Waals surface area contributed by atoms with Gasteiger partial charge in [0.15, 0.2) is 9.84 Å². The number of halogens is 1. The Morgan fingerprint density at radius 1 is 1.00 bits per heavy atom. The lowest BCUT2D eigenvalue weighted by Crippen LogP contribution is -1.96. The van der Waals surface area contributed by atoms with Crippen LogP contribution in [0.4, 0.5) is 0 Å². The first-order valence-electron chi connectivity index (χ1n) is 5.44. The van der Waals surface area contributed by atoms with Crippen molar-refractivity contribution in [3.8, 4) is 11.1 Å². The van der Waals surface area contributed by atoms with E-state index in [9.17, 15) is 8.42 Å². The van der Waals surface area contributed by atoms with Crippen LogP contribution in [0.3, 0.4) is 0 Å². The number of sulfone groups is 1. The lowest BCUT2D eigenvalue weighted by Gasteiger charge is -2.07. The number of aryl methyl sites for hydroxylation is 1. The van der Waals surface area contributed by atoms with Gasteiger partial charge in [-0.3, -0.25) is 0 Å². The average molecular weight is 325 g/mol. The van der Waals surface area contributed by atoms with Gasteiger partial charge in [-0.05, 0) is 47.9 Å². The topological polar surface area (TPSA) is 34.1 Å². The van der Waals surface area contributed by atoms with E-state index < -0.39 is 9.84 Å². The highest BCUT2D eigenvalue weighted by Gasteiger charge is 2.07. The van der Waals surface area contributed by atoms with Crippen molar-refractivity contribution >= 4 is 25.8 Å². The van der Waals surface area contributed by atoms with Crippen molar-refractivity contribution in [3.05, 3.63) is 52.5 Å². The van der Waals surface area contributed by atoms with E-state index in [1.807, 2.05) is 37.3 Å². The van der Waals surface area contributed by atoms with Gasteiger partial charge < -0.3 is 0 Å². The quantitative estimate of drug-likeness (QED) is 0.841. The van der Waals surface area contributed by atoms with Gasteiger partial charge in [-0.25, -0.2) is 8.42 Å². The molecule has 2 aromatic carbocycles. The van der Waals surface area contributed by atoms with Gasteiger partial charge in [0.1, 0.15) is 0 Å². The largest absolute Gasteiger partial charge is 0.224 e. The van der Waals surface area contributed by atoms with Crippen molar-refractivity contribution in [2.45, 2.75) is 11.8 Å². The molecule has 0 N–H and O–H groups in total. The van der Waals surface area contributed by atoms with Gasteiger partial charge in [0, 0.05) is 10.7 Å². The van der Waals surface area contributed by atoms with Crippen molar-refractivity contribution < 1.29 is 8.42 Å². The highest BCUT2D eigenvalue weighted by molar-refractivity contribution is 9.10. The summed E-state index contributed by atoms with van der Waals surface area (Å²) in [7, 11) is -3.13. The van der Waals surface area contributed by atoms with Gasteiger partial charge >= 0.3 is 0 Å². The number of hydrogen-bond donors (Lipinski definition) is 0. The van der Waals surface area contributed by atoms with E-state index in [0.717, 1.165) is 21.2 Å². The molecule has 2 aromatic rings. The summed E-state index contributed by atoms with van der Waals surface area (Å²) in [4.78, 5) is 0.348. The van der Waals surface area contributed by atoms with Gasteiger partial charge in [-0.2, -0.15) is 0 Å². The van der Waals surface area contributed by atoms with Gasteiger partial charge in [0.25, 0.3) is 0 Å². The molecule has 0 aromatic heterocycles. The molecule has 18 heavy (non-hydrogen) atoms. The zero-order valence-electron chi connectivity index (χ0n) is 10.1. The standard InChI is InChI=1S/C14H13BrO2S/c1-10-9-12(15)5-8-14(10)11-3-6-13(7-4-11)18(2,16)17/h3-9H,1-2H3. The molecule has 0 radical (unpaired) electrons. The molecule has 0 fully saturated rings. The maximum Gasteiger partial charge on any atom is 0.175 e. The van der Waals surface area contributed by atoms with E-state index in [1.54, 1.807) is 12.1 Å². The van der Waals surface area contributed by atoms with E-state index in [1.165, 1.54) is 6.26 Å². The molecule has 2 nitrogen and oxygen atoms in total. The smallest absolute Gasteiger partial charge is 0.175 e. The maximum absolute atomic E-state index is 11.4. The zero-order chi connectivity index (χ0) is 13.3. The lowest BCUT2D eigenvalue weighted by atomic mass is 10.0. The van der Waals surface area contributed by atoms with E-state index in [2.05, 4.69) is 15.9 Å². The van der Waals surface area contributed by atoms with Crippen LogP contribution in [-0.4, -0.2) is 14.7 Å². The van der Waals surface area contributed by atoms with Crippen molar-refractivity contribution in [1.29, 1.82) is 0 Å². The molecular weight excluding hydrogens is 312 g/mol. The number of rotatable bonds is 2. The Bertz CT molecular complexity index is 673. The van der Waals surface area contributed by atoms with E-state index >= 15 is 0 Å². The Kier molecular flexibility index (Phi) is 3.59. The van der Waals surface area contributed by atoms with Gasteiger partial charge in [0.2, 0.25) is 0 Å². The molecule has 0 aliphatic carbocycles.